The van der Waals surface area contributed by atoms with Crippen LogP contribution in [-0.4, -0.2) is 50.3 Å². The lowest BCUT2D eigenvalue weighted by molar-refractivity contribution is -0.387. The van der Waals surface area contributed by atoms with E-state index in [1.165, 1.54) is 18.1 Å². The standard InChI is InChI=1S/C16H25N5O2S2/c1-5-19(6-2)16(24)25-15-13(21(22)23)14(17-10-18-15)20-8-11(3)7-12(4)9-20/h10-12H,5-9H2,1-4H3. The van der Waals surface area contributed by atoms with Crippen LogP contribution in [-0.2, 0) is 0 Å². The molecule has 2 atom stereocenters. The van der Waals surface area contributed by atoms with Crippen molar-refractivity contribution in [2.75, 3.05) is 31.1 Å². The minimum absolute atomic E-state index is 0.0386. The van der Waals surface area contributed by atoms with Gasteiger partial charge in [-0.25, -0.2) is 9.97 Å². The Labute approximate surface area is 158 Å². The van der Waals surface area contributed by atoms with Crippen molar-refractivity contribution < 1.29 is 4.92 Å². The van der Waals surface area contributed by atoms with Crippen LogP contribution in [0.5, 0.6) is 0 Å². The Morgan fingerprint density at radius 1 is 1.36 bits per heavy atom. The molecule has 2 rings (SSSR count). The maximum absolute atomic E-state index is 11.8. The second-order valence-corrected chi connectivity index (χ2v) is 8.12. The van der Waals surface area contributed by atoms with Crippen LogP contribution in [0.15, 0.2) is 11.4 Å². The van der Waals surface area contributed by atoms with E-state index in [0.29, 0.717) is 27.0 Å². The van der Waals surface area contributed by atoms with Crippen LogP contribution in [0.4, 0.5) is 11.5 Å². The molecule has 138 valence electrons. The van der Waals surface area contributed by atoms with Gasteiger partial charge in [-0.05, 0) is 43.9 Å². The van der Waals surface area contributed by atoms with E-state index in [-0.39, 0.29) is 10.6 Å². The number of thioether (sulfide) groups is 1. The summed E-state index contributed by atoms with van der Waals surface area (Å²) >= 11 is 6.60. The Kier molecular flexibility index (Phi) is 6.95. The number of piperidine rings is 1. The van der Waals surface area contributed by atoms with Gasteiger partial charge in [0.1, 0.15) is 10.6 Å². The molecule has 7 nitrogen and oxygen atoms in total. The normalized spacial score (nSPS) is 20.4. The molecule has 0 saturated carbocycles. The highest BCUT2D eigenvalue weighted by atomic mass is 32.2. The fourth-order valence-electron chi connectivity index (χ4n) is 3.28. The van der Waals surface area contributed by atoms with Crippen molar-refractivity contribution in [1.82, 2.24) is 14.9 Å². The average molecular weight is 384 g/mol. The quantitative estimate of drug-likeness (QED) is 0.251. The van der Waals surface area contributed by atoms with Crippen LogP contribution < -0.4 is 4.90 Å². The van der Waals surface area contributed by atoms with Crippen molar-refractivity contribution in [2.45, 2.75) is 39.1 Å². The summed E-state index contributed by atoms with van der Waals surface area (Å²) in [7, 11) is 0. The average Bonchev–Trinajstić information content (AvgIpc) is 2.54. The highest BCUT2D eigenvalue weighted by Gasteiger charge is 2.32. The van der Waals surface area contributed by atoms with E-state index in [9.17, 15) is 10.1 Å². The summed E-state index contributed by atoms with van der Waals surface area (Å²) in [5.74, 6) is 1.36. The molecule has 2 unspecified atom stereocenters. The van der Waals surface area contributed by atoms with E-state index in [1.54, 1.807) is 0 Å². The summed E-state index contributed by atoms with van der Waals surface area (Å²) in [6.45, 7) is 11.4. The van der Waals surface area contributed by atoms with Gasteiger partial charge in [0.05, 0.1) is 4.92 Å². The number of hydrogen-bond donors (Lipinski definition) is 0. The largest absolute Gasteiger partial charge is 0.358 e. The zero-order valence-electron chi connectivity index (χ0n) is 15.1. The maximum atomic E-state index is 11.8. The first kappa shape index (κ1) is 19.8. The third kappa shape index (κ3) is 4.78. The molecule has 1 fully saturated rings. The van der Waals surface area contributed by atoms with Crippen molar-refractivity contribution in [3.8, 4) is 0 Å². The predicted molar refractivity (Wildman–Crippen MR) is 105 cm³/mol. The molecule has 1 saturated heterocycles. The van der Waals surface area contributed by atoms with Crippen molar-refractivity contribution in [3.63, 3.8) is 0 Å². The fourth-order valence-corrected chi connectivity index (χ4v) is 4.69. The van der Waals surface area contributed by atoms with Crippen LogP contribution in [0.2, 0.25) is 0 Å². The Balaban J connectivity index is 2.36. The molecule has 1 aromatic rings. The third-order valence-electron chi connectivity index (χ3n) is 4.33. The third-order valence-corrected chi connectivity index (χ3v) is 5.76. The Morgan fingerprint density at radius 2 is 1.96 bits per heavy atom. The van der Waals surface area contributed by atoms with Gasteiger partial charge in [0.2, 0.25) is 5.82 Å². The lowest BCUT2D eigenvalue weighted by atomic mass is 9.92. The molecule has 0 aromatic carbocycles. The van der Waals surface area contributed by atoms with Gasteiger partial charge in [0.15, 0.2) is 5.03 Å². The smallest absolute Gasteiger partial charge is 0.343 e. The molecule has 25 heavy (non-hydrogen) atoms. The molecule has 2 heterocycles. The van der Waals surface area contributed by atoms with E-state index >= 15 is 0 Å². The minimum Gasteiger partial charge on any atom is -0.358 e. The van der Waals surface area contributed by atoms with Gasteiger partial charge in [-0.15, -0.1) is 0 Å². The Morgan fingerprint density at radius 3 is 2.48 bits per heavy atom. The molecular formula is C16H25N5O2S2. The summed E-state index contributed by atoms with van der Waals surface area (Å²) in [5.41, 5.74) is -0.0386. The van der Waals surface area contributed by atoms with E-state index in [1.807, 2.05) is 23.6 Å². The van der Waals surface area contributed by atoms with E-state index in [2.05, 4.69) is 23.8 Å². The molecule has 0 amide bonds. The van der Waals surface area contributed by atoms with Crippen molar-refractivity contribution >= 4 is 39.8 Å². The second kappa shape index (κ2) is 8.75. The molecule has 0 bridgehead atoms. The fraction of sp³-hybridized carbons (Fsp3) is 0.688. The van der Waals surface area contributed by atoms with Gasteiger partial charge >= 0.3 is 5.69 Å². The molecule has 1 aliphatic heterocycles. The van der Waals surface area contributed by atoms with Crippen molar-refractivity contribution in [1.29, 1.82) is 0 Å². The number of rotatable bonds is 5. The minimum atomic E-state index is -0.382. The molecule has 0 radical (unpaired) electrons. The summed E-state index contributed by atoms with van der Waals surface area (Å²) in [6, 6.07) is 0. The van der Waals surface area contributed by atoms with Gasteiger partial charge in [-0.2, -0.15) is 0 Å². The highest BCUT2D eigenvalue weighted by Crippen LogP contribution is 2.37. The highest BCUT2D eigenvalue weighted by molar-refractivity contribution is 8.22. The summed E-state index contributed by atoms with van der Waals surface area (Å²) in [6.07, 6.45) is 2.53. The van der Waals surface area contributed by atoms with Gasteiger partial charge in [-0.1, -0.05) is 26.1 Å². The number of hydrogen-bond acceptors (Lipinski definition) is 7. The summed E-state index contributed by atoms with van der Waals surface area (Å²) in [5, 5.41) is 12.1. The van der Waals surface area contributed by atoms with Crippen LogP contribution in [0.25, 0.3) is 0 Å². The van der Waals surface area contributed by atoms with E-state index in [0.717, 1.165) is 32.6 Å². The summed E-state index contributed by atoms with van der Waals surface area (Å²) in [4.78, 5) is 23.8. The van der Waals surface area contributed by atoms with E-state index in [4.69, 9.17) is 12.2 Å². The van der Waals surface area contributed by atoms with Crippen molar-refractivity contribution in [2.24, 2.45) is 11.8 Å². The topological polar surface area (TPSA) is 75.4 Å². The van der Waals surface area contributed by atoms with Crippen LogP contribution >= 0.6 is 24.0 Å². The molecule has 9 heteroatoms. The predicted octanol–water partition coefficient (Wildman–Crippen LogP) is 3.59. The van der Waals surface area contributed by atoms with Gasteiger partial charge in [0, 0.05) is 26.2 Å². The molecular weight excluding hydrogens is 358 g/mol. The number of aromatic nitrogens is 2. The Hall–Kier alpha value is -1.48. The molecule has 1 aromatic heterocycles. The van der Waals surface area contributed by atoms with Crippen LogP contribution in [0.1, 0.15) is 34.1 Å². The number of anilines is 1. The monoisotopic (exact) mass is 383 g/mol. The molecule has 0 aliphatic carbocycles. The first-order chi connectivity index (χ1) is 11.9. The first-order valence-electron chi connectivity index (χ1n) is 8.58. The van der Waals surface area contributed by atoms with Gasteiger partial charge in [0.25, 0.3) is 0 Å². The second-order valence-electron chi connectivity index (χ2n) is 6.50. The number of nitro groups is 1. The first-order valence-corrected chi connectivity index (χ1v) is 9.80. The molecule has 0 N–H and O–H groups in total. The zero-order valence-corrected chi connectivity index (χ0v) is 16.8. The lowest BCUT2D eigenvalue weighted by Crippen LogP contribution is -2.39. The van der Waals surface area contributed by atoms with Crippen molar-refractivity contribution in [3.05, 3.63) is 16.4 Å². The molecule has 1 aliphatic rings. The number of nitrogens with zero attached hydrogens (tertiary/aromatic N) is 5. The van der Waals surface area contributed by atoms with Gasteiger partial charge in [-0.3, -0.25) is 10.1 Å². The summed E-state index contributed by atoms with van der Waals surface area (Å²) < 4.78 is 0.595. The SMILES string of the molecule is CCN(CC)C(=S)Sc1ncnc(N2CC(C)CC(C)C2)c1[N+](=O)[O-]. The maximum Gasteiger partial charge on any atom is 0.343 e. The lowest BCUT2D eigenvalue weighted by Gasteiger charge is -2.35. The van der Waals surface area contributed by atoms with Gasteiger partial charge < -0.3 is 9.80 Å². The van der Waals surface area contributed by atoms with Crippen LogP contribution in [0, 0.1) is 22.0 Å². The zero-order chi connectivity index (χ0) is 18.6. The van der Waals surface area contributed by atoms with Crippen LogP contribution in [0.3, 0.4) is 0 Å². The molecule has 0 spiro atoms. The Bertz CT molecular complexity index is 629. The van der Waals surface area contributed by atoms with E-state index < -0.39 is 0 Å². The number of thiocarbonyl (C=S) groups is 1.